The number of pyridine rings is 1. The number of hydrogen-bond donors (Lipinski definition) is 0. The summed E-state index contributed by atoms with van der Waals surface area (Å²) in [5.41, 5.74) is 2.23. The molecule has 3 unspecified atom stereocenters. The van der Waals surface area contributed by atoms with Crippen molar-refractivity contribution in [2.45, 2.75) is 37.6 Å². The third-order valence-electron chi connectivity index (χ3n) is 5.60. The first kappa shape index (κ1) is 16.8. The van der Waals surface area contributed by atoms with Crippen LogP contribution in [0.1, 0.15) is 48.4 Å². The number of carbonyl (C=O) groups is 1. The summed E-state index contributed by atoms with van der Waals surface area (Å²) in [6, 6.07) is 10.4. The molecular weight excluding hydrogens is 327 g/mol. The number of carbonyl (C=O) groups excluding carboxylic acids is 1. The molecule has 26 heavy (non-hydrogen) atoms. The topological polar surface area (TPSA) is 33.2 Å². The molecule has 1 aliphatic carbocycles. The fourth-order valence-corrected chi connectivity index (χ4v) is 4.30. The highest BCUT2D eigenvalue weighted by Gasteiger charge is 2.48. The van der Waals surface area contributed by atoms with Gasteiger partial charge < -0.3 is 4.90 Å². The Balaban J connectivity index is 1.56. The second kappa shape index (κ2) is 6.92. The smallest absolute Gasteiger partial charge is 0.232 e. The van der Waals surface area contributed by atoms with E-state index in [1.807, 2.05) is 24.1 Å². The van der Waals surface area contributed by atoms with Gasteiger partial charge in [0.15, 0.2) is 0 Å². The van der Waals surface area contributed by atoms with Gasteiger partial charge in [0.05, 0.1) is 11.6 Å². The number of halogens is 1. The molecule has 2 fully saturated rings. The molecule has 0 spiro atoms. The maximum absolute atomic E-state index is 13.2. The van der Waals surface area contributed by atoms with Crippen molar-refractivity contribution in [2.75, 3.05) is 7.05 Å². The van der Waals surface area contributed by atoms with E-state index in [0.717, 1.165) is 24.1 Å². The van der Waals surface area contributed by atoms with Gasteiger partial charge in [-0.15, -0.1) is 0 Å². The van der Waals surface area contributed by atoms with Crippen molar-refractivity contribution >= 4 is 5.91 Å². The lowest BCUT2D eigenvalue weighted by Gasteiger charge is -2.29. The minimum atomic E-state index is -0.295. The number of aromatic nitrogens is 1. The zero-order chi connectivity index (χ0) is 18.1. The van der Waals surface area contributed by atoms with Gasteiger partial charge in [-0.05, 0) is 49.1 Å². The van der Waals surface area contributed by atoms with Gasteiger partial charge in [0.2, 0.25) is 5.91 Å². The van der Waals surface area contributed by atoms with Crippen molar-refractivity contribution in [1.82, 2.24) is 9.88 Å². The number of nitrogens with zero attached hydrogens (tertiary/aromatic N) is 2. The van der Waals surface area contributed by atoms with Crippen LogP contribution >= 0.6 is 0 Å². The largest absolute Gasteiger partial charge is 0.342 e. The molecule has 2 aliphatic rings. The standard InChI is InChI=1S/C22H21FN2O/c1-25-20-8-3-2-7-18(20)21(22(25)26)19-12-11-16(14-24-19)10-9-15-5-4-6-17(23)13-15/h4-6,11-14,18,20-21H,2-3,7-8H2,1H3. The first-order valence-corrected chi connectivity index (χ1v) is 9.14. The van der Waals surface area contributed by atoms with Crippen LogP contribution in [0.4, 0.5) is 4.39 Å². The van der Waals surface area contributed by atoms with Gasteiger partial charge in [0.25, 0.3) is 0 Å². The van der Waals surface area contributed by atoms with Crippen LogP contribution in [-0.4, -0.2) is 28.9 Å². The van der Waals surface area contributed by atoms with Crippen LogP contribution in [-0.2, 0) is 4.79 Å². The molecule has 1 aromatic heterocycles. The summed E-state index contributed by atoms with van der Waals surface area (Å²) in [6.07, 6.45) is 6.30. The second-order valence-electron chi connectivity index (χ2n) is 7.17. The van der Waals surface area contributed by atoms with Gasteiger partial charge in [0.1, 0.15) is 5.82 Å². The zero-order valence-corrected chi connectivity index (χ0v) is 14.8. The molecule has 1 saturated carbocycles. The van der Waals surface area contributed by atoms with E-state index in [4.69, 9.17) is 0 Å². The Bertz CT molecular complexity index is 881. The molecule has 3 atom stereocenters. The SMILES string of the molecule is CN1C(=O)C(c2ccc(C#Cc3cccc(F)c3)cn2)C2CCCCC21. The number of likely N-dealkylation sites (N-methyl/N-ethyl adjacent to an activating group) is 1. The summed E-state index contributed by atoms with van der Waals surface area (Å²) in [4.78, 5) is 19.2. The van der Waals surface area contributed by atoms with Crippen molar-refractivity contribution in [3.8, 4) is 11.8 Å². The Morgan fingerprint density at radius 3 is 2.69 bits per heavy atom. The van der Waals surface area contributed by atoms with E-state index in [9.17, 15) is 9.18 Å². The van der Waals surface area contributed by atoms with Gasteiger partial charge in [-0.1, -0.05) is 30.7 Å². The Morgan fingerprint density at radius 1 is 1.12 bits per heavy atom. The normalized spacial score (nSPS) is 24.8. The predicted octanol–water partition coefficient (Wildman–Crippen LogP) is 3.73. The average Bonchev–Trinajstić information content (AvgIpc) is 2.92. The third-order valence-corrected chi connectivity index (χ3v) is 5.60. The molecule has 3 nitrogen and oxygen atoms in total. The molecule has 2 aromatic rings. The monoisotopic (exact) mass is 348 g/mol. The molecule has 1 amide bonds. The minimum Gasteiger partial charge on any atom is -0.342 e. The highest BCUT2D eigenvalue weighted by atomic mass is 19.1. The van der Waals surface area contributed by atoms with Crippen molar-refractivity contribution in [3.05, 3.63) is 65.2 Å². The summed E-state index contributed by atoms with van der Waals surface area (Å²) >= 11 is 0. The second-order valence-corrected chi connectivity index (χ2v) is 7.17. The fourth-order valence-electron chi connectivity index (χ4n) is 4.30. The number of benzene rings is 1. The molecule has 1 aromatic carbocycles. The lowest BCUT2D eigenvalue weighted by atomic mass is 9.78. The highest BCUT2D eigenvalue weighted by Crippen LogP contribution is 2.44. The Morgan fingerprint density at radius 2 is 1.92 bits per heavy atom. The van der Waals surface area contributed by atoms with Gasteiger partial charge in [-0.25, -0.2) is 4.39 Å². The highest BCUT2D eigenvalue weighted by molar-refractivity contribution is 5.86. The minimum absolute atomic E-state index is 0.129. The van der Waals surface area contributed by atoms with Gasteiger partial charge in [-0.2, -0.15) is 0 Å². The first-order valence-electron chi connectivity index (χ1n) is 9.14. The molecule has 132 valence electrons. The third kappa shape index (κ3) is 3.10. The lowest BCUT2D eigenvalue weighted by molar-refractivity contribution is -0.128. The molecule has 0 radical (unpaired) electrons. The van der Waals surface area contributed by atoms with E-state index < -0.39 is 0 Å². The van der Waals surface area contributed by atoms with Crippen LogP contribution < -0.4 is 0 Å². The van der Waals surface area contributed by atoms with E-state index in [1.165, 1.54) is 25.0 Å². The number of likely N-dealkylation sites (tertiary alicyclic amines) is 1. The number of amides is 1. The van der Waals surface area contributed by atoms with Gasteiger partial charge >= 0.3 is 0 Å². The van der Waals surface area contributed by atoms with E-state index in [2.05, 4.69) is 16.8 Å². The van der Waals surface area contributed by atoms with Crippen LogP contribution in [0.25, 0.3) is 0 Å². The molecule has 0 bridgehead atoms. The molecule has 4 rings (SSSR count). The van der Waals surface area contributed by atoms with Gasteiger partial charge in [0, 0.05) is 30.4 Å². The Hall–Kier alpha value is -2.67. The first-order chi connectivity index (χ1) is 12.6. The molecular formula is C22H21FN2O. The van der Waals surface area contributed by atoms with E-state index >= 15 is 0 Å². The Labute approximate surface area is 153 Å². The molecule has 1 aliphatic heterocycles. The van der Waals surface area contributed by atoms with Crippen LogP contribution in [0.15, 0.2) is 42.6 Å². The summed E-state index contributed by atoms with van der Waals surface area (Å²) < 4.78 is 13.2. The molecule has 1 saturated heterocycles. The summed E-state index contributed by atoms with van der Waals surface area (Å²) in [7, 11) is 1.92. The molecule has 2 heterocycles. The van der Waals surface area contributed by atoms with Crippen molar-refractivity contribution in [3.63, 3.8) is 0 Å². The van der Waals surface area contributed by atoms with Crippen LogP contribution in [0.2, 0.25) is 0 Å². The van der Waals surface area contributed by atoms with Crippen LogP contribution in [0, 0.1) is 23.6 Å². The van der Waals surface area contributed by atoms with E-state index in [1.54, 1.807) is 18.3 Å². The van der Waals surface area contributed by atoms with Crippen LogP contribution in [0.3, 0.4) is 0 Å². The van der Waals surface area contributed by atoms with E-state index in [-0.39, 0.29) is 17.6 Å². The maximum Gasteiger partial charge on any atom is 0.232 e. The van der Waals surface area contributed by atoms with Crippen molar-refractivity contribution in [1.29, 1.82) is 0 Å². The van der Waals surface area contributed by atoms with E-state index in [0.29, 0.717) is 17.5 Å². The quantitative estimate of drug-likeness (QED) is 0.736. The predicted molar refractivity (Wildman–Crippen MR) is 97.9 cm³/mol. The van der Waals surface area contributed by atoms with Crippen LogP contribution in [0.5, 0.6) is 0 Å². The maximum atomic E-state index is 13.2. The average molecular weight is 348 g/mol. The van der Waals surface area contributed by atoms with Gasteiger partial charge in [-0.3, -0.25) is 9.78 Å². The summed E-state index contributed by atoms with van der Waals surface area (Å²) in [5, 5.41) is 0. The van der Waals surface area contributed by atoms with Crippen molar-refractivity contribution < 1.29 is 9.18 Å². The zero-order valence-electron chi connectivity index (χ0n) is 14.8. The fraction of sp³-hybridized carbons (Fsp3) is 0.364. The molecule has 0 N–H and O–H groups in total. The van der Waals surface area contributed by atoms with Crippen molar-refractivity contribution in [2.24, 2.45) is 5.92 Å². The Kier molecular flexibility index (Phi) is 4.46. The summed E-state index contributed by atoms with van der Waals surface area (Å²) in [5.74, 6) is 6.09. The summed E-state index contributed by atoms with van der Waals surface area (Å²) in [6.45, 7) is 0. The number of rotatable bonds is 1. The number of hydrogen-bond acceptors (Lipinski definition) is 2. The lowest BCUT2D eigenvalue weighted by Crippen LogP contribution is -2.33. The number of fused-ring (bicyclic) bond motifs is 1. The molecule has 4 heteroatoms.